The van der Waals surface area contributed by atoms with Crippen LogP contribution in [0, 0.1) is 5.92 Å². The lowest BCUT2D eigenvalue weighted by molar-refractivity contribution is 0.191. The van der Waals surface area contributed by atoms with Gasteiger partial charge in [-0.3, -0.25) is 4.99 Å². The van der Waals surface area contributed by atoms with Gasteiger partial charge in [-0.25, -0.2) is 0 Å². The van der Waals surface area contributed by atoms with Gasteiger partial charge in [0.25, 0.3) is 0 Å². The van der Waals surface area contributed by atoms with Crippen LogP contribution in [0.3, 0.4) is 0 Å². The molecule has 1 fully saturated rings. The Morgan fingerprint density at radius 3 is 2.76 bits per heavy atom. The number of hydrogen-bond donors (Lipinski definition) is 2. The molecule has 0 spiro atoms. The van der Waals surface area contributed by atoms with Gasteiger partial charge in [0.2, 0.25) is 0 Å². The number of fused-ring (bicyclic) bond motifs is 1. The molecule has 0 aromatic carbocycles. The van der Waals surface area contributed by atoms with Gasteiger partial charge < -0.3 is 20.1 Å². The van der Waals surface area contributed by atoms with Crippen LogP contribution < -0.4 is 10.6 Å². The van der Waals surface area contributed by atoms with E-state index >= 15 is 0 Å². The van der Waals surface area contributed by atoms with Crippen LogP contribution >= 0.6 is 24.0 Å². The summed E-state index contributed by atoms with van der Waals surface area (Å²) in [5.74, 6) is 3.87. The molecular weight excluding hydrogens is 429 g/mol. The van der Waals surface area contributed by atoms with Crippen molar-refractivity contribution < 1.29 is 0 Å². The SMILES string of the molecule is CN=C(NCCCN1CCC(C)CC1)NCc1nnc2n1CCC2.I. The summed E-state index contributed by atoms with van der Waals surface area (Å²) in [6, 6.07) is 0. The van der Waals surface area contributed by atoms with Gasteiger partial charge in [-0.15, -0.1) is 34.2 Å². The largest absolute Gasteiger partial charge is 0.356 e. The molecule has 25 heavy (non-hydrogen) atoms. The van der Waals surface area contributed by atoms with Crippen molar-refractivity contribution in [2.24, 2.45) is 10.9 Å². The number of aryl methyl sites for hydroxylation is 1. The fourth-order valence-electron chi connectivity index (χ4n) is 3.52. The molecule has 2 aliphatic rings. The Kier molecular flexibility index (Phi) is 8.41. The van der Waals surface area contributed by atoms with Gasteiger partial charge in [-0.1, -0.05) is 6.92 Å². The lowest BCUT2D eigenvalue weighted by atomic mass is 9.99. The Morgan fingerprint density at radius 2 is 2.00 bits per heavy atom. The van der Waals surface area contributed by atoms with Crippen molar-refractivity contribution in [3.63, 3.8) is 0 Å². The second-order valence-electron chi connectivity index (χ2n) is 7.02. The molecule has 0 amide bonds. The summed E-state index contributed by atoms with van der Waals surface area (Å²) in [5.41, 5.74) is 0. The number of aromatic nitrogens is 3. The first-order chi connectivity index (χ1) is 11.8. The highest BCUT2D eigenvalue weighted by Crippen LogP contribution is 2.15. The third-order valence-corrected chi connectivity index (χ3v) is 5.14. The van der Waals surface area contributed by atoms with Crippen LogP contribution in [0.25, 0.3) is 0 Å². The Morgan fingerprint density at radius 1 is 1.20 bits per heavy atom. The summed E-state index contributed by atoms with van der Waals surface area (Å²) < 4.78 is 2.22. The van der Waals surface area contributed by atoms with Crippen LogP contribution in [-0.2, 0) is 19.5 Å². The molecule has 0 unspecified atom stereocenters. The minimum absolute atomic E-state index is 0. The maximum atomic E-state index is 4.30. The zero-order valence-corrected chi connectivity index (χ0v) is 17.8. The van der Waals surface area contributed by atoms with E-state index in [1.807, 2.05) is 7.05 Å². The summed E-state index contributed by atoms with van der Waals surface area (Å²) >= 11 is 0. The minimum Gasteiger partial charge on any atom is -0.356 e. The first-order valence-corrected chi connectivity index (χ1v) is 9.34. The van der Waals surface area contributed by atoms with Gasteiger partial charge in [-0.05, 0) is 51.2 Å². The van der Waals surface area contributed by atoms with E-state index in [1.165, 1.54) is 38.9 Å². The summed E-state index contributed by atoms with van der Waals surface area (Å²) in [4.78, 5) is 6.88. The van der Waals surface area contributed by atoms with E-state index < -0.39 is 0 Å². The summed E-state index contributed by atoms with van der Waals surface area (Å²) in [6.45, 7) is 8.71. The van der Waals surface area contributed by atoms with Crippen molar-refractivity contribution >= 4 is 29.9 Å². The maximum absolute atomic E-state index is 4.30. The maximum Gasteiger partial charge on any atom is 0.191 e. The number of aliphatic imine (C=N–C) groups is 1. The molecule has 1 saturated heterocycles. The fourth-order valence-corrected chi connectivity index (χ4v) is 3.52. The molecule has 0 radical (unpaired) electrons. The third-order valence-electron chi connectivity index (χ3n) is 5.14. The van der Waals surface area contributed by atoms with E-state index in [9.17, 15) is 0 Å². The van der Waals surface area contributed by atoms with Gasteiger partial charge in [0.05, 0.1) is 6.54 Å². The van der Waals surface area contributed by atoms with E-state index in [1.54, 1.807) is 0 Å². The predicted octanol–water partition coefficient (Wildman–Crippen LogP) is 1.63. The third kappa shape index (κ3) is 5.80. The second kappa shape index (κ2) is 10.3. The minimum atomic E-state index is 0. The normalized spacial score (nSPS) is 18.7. The zero-order chi connectivity index (χ0) is 16.8. The molecule has 1 aromatic rings. The molecule has 7 nitrogen and oxygen atoms in total. The smallest absolute Gasteiger partial charge is 0.191 e. The number of piperidine rings is 1. The summed E-state index contributed by atoms with van der Waals surface area (Å²) in [7, 11) is 1.82. The van der Waals surface area contributed by atoms with Crippen LogP contribution in [-0.4, -0.2) is 58.9 Å². The molecule has 0 atom stereocenters. The van der Waals surface area contributed by atoms with Crippen molar-refractivity contribution in [2.45, 2.75) is 52.1 Å². The standard InChI is InChI=1S/C17H31N7.HI/c1-14-6-11-23(12-7-14)9-4-8-19-17(18-2)20-13-16-22-21-15-5-3-10-24(15)16;/h14H,3-13H2,1-2H3,(H2,18,19,20);1H. The fraction of sp³-hybridized carbons (Fsp3) is 0.824. The molecule has 142 valence electrons. The Labute approximate surface area is 168 Å². The van der Waals surface area contributed by atoms with Crippen molar-refractivity contribution in [3.05, 3.63) is 11.6 Å². The monoisotopic (exact) mass is 461 g/mol. The van der Waals surface area contributed by atoms with Crippen LogP contribution in [0.15, 0.2) is 4.99 Å². The Balaban J connectivity index is 0.00000225. The molecule has 3 heterocycles. The van der Waals surface area contributed by atoms with Crippen molar-refractivity contribution in [1.82, 2.24) is 30.3 Å². The van der Waals surface area contributed by atoms with Crippen LogP contribution in [0.2, 0.25) is 0 Å². The van der Waals surface area contributed by atoms with E-state index in [-0.39, 0.29) is 24.0 Å². The Hall–Kier alpha value is -0.900. The number of halogens is 1. The molecule has 3 rings (SSSR count). The predicted molar refractivity (Wildman–Crippen MR) is 111 cm³/mol. The number of guanidine groups is 1. The zero-order valence-electron chi connectivity index (χ0n) is 15.5. The summed E-state index contributed by atoms with van der Waals surface area (Å²) in [5, 5.41) is 15.3. The highest BCUT2D eigenvalue weighted by molar-refractivity contribution is 14.0. The molecule has 0 aliphatic carbocycles. The highest BCUT2D eigenvalue weighted by atomic mass is 127. The van der Waals surface area contributed by atoms with Gasteiger partial charge in [0, 0.05) is 26.6 Å². The van der Waals surface area contributed by atoms with Crippen molar-refractivity contribution in [3.8, 4) is 0 Å². The molecule has 2 N–H and O–H groups in total. The van der Waals surface area contributed by atoms with Crippen molar-refractivity contribution in [1.29, 1.82) is 0 Å². The van der Waals surface area contributed by atoms with E-state index in [0.29, 0.717) is 6.54 Å². The lowest BCUT2D eigenvalue weighted by Gasteiger charge is -2.30. The molecular formula is C17H32IN7. The quantitative estimate of drug-likeness (QED) is 0.292. The summed E-state index contributed by atoms with van der Waals surface area (Å²) in [6.07, 6.45) is 6.07. The van der Waals surface area contributed by atoms with E-state index in [2.05, 4.69) is 42.2 Å². The molecule has 8 heteroatoms. The van der Waals surface area contributed by atoms with Gasteiger partial charge in [0.1, 0.15) is 5.82 Å². The number of likely N-dealkylation sites (tertiary alicyclic amines) is 1. The number of nitrogens with one attached hydrogen (secondary N) is 2. The molecule has 2 aliphatic heterocycles. The molecule has 1 aromatic heterocycles. The van der Waals surface area contributed by atoms with Crippen LogP contribution in [0.5, 0.6) is 0 Å². The lowest BCUT2D eigenvalue weighted by Crippen LogP contribution is -2.39. The second-order valence-corrected chi connectivity index (χ2v) is 7.02. The average molecular weight is 461 g/mol. The topological polar surface area (TPSA) is 70.4 Å². The van der Waals surface area contributed by atoms with E-state index in [4.69, 9.17) is 0 Å². The number of nitrogens with zero attached hydrogens (tertiary/aromatic N) is 5. The van der Waals surface area contributed by atoms with Crippen molar-refractivity contribution in [2.75, 3.05) is 33.2 Å². The Bertz CT molecular complexity index is 549. The van der Waals surface area contributed by atoms with Gasteiger partial charge in [0.15, 0.2) is 11.8 Å². The highest BCUT2D eigenvalue weighted by Gasteiger charge is 2.17. The average Bonchev–Trinajstić information content (AvgIpc) is 3.20. The first kappa shape index (κ1) is 20.4. The number of rotatable bonds is 6. The first-order valence-electron chi connectivity index (χ1n) is 9.34. The van der Waals surface area contributed by atoms with Gasteiger partial charge >= 0.3 is 0 Å². The van der Waals surface area contributed by atoms with Crippen LogP contribution in [0.4, 0.5) is 0 Å². The molecule has 0 bridgehead atoms. The number of hydrogen-bond acceptors (Lipinski definition) is 4. The van der Waals surface area contributed by atoms with Gasteiger partial charge in [-0.2, -0.15) is 0 Å². The molecule has 0 saturated carbocycles. The van der Waals surface area contributed by atoms with Crippen LogP contribution in [0.1, 0.15) is 44.3 Å². The van der Waals surface area contributed by atoms with E-state index in [0.717, 1.165) is 49.5 Å².